The van der Waals surface area contributed by atoms with Crippen molar-refractivity contribution in [2.24, 2.45) is 5.92 Å². The number of nitrogens with one attached hydrogen (secondary N) is 2. The topological polar surface area (TPSA) is 117 Å². The predicted molar refractivity (Wildman–Crippen MR) is 142 cm³/mol. The van der Waals surface area contributed by atoms with Crippen molar-refractivity contribution in [2.75, 3.05) is 52.3 Å². The maximum absolute atomic E-state index is 12.9. The van der Waals surface area contributed by atoms with Crippen LogP contribution in [0.3, 0.4) is 0 Å². The number of carbonyl (C=O) groups is 2. The van der Waals surface area contributed by atoms with Crippen molar-refractivity contribution in [3.8, 4) is 11.5 Å². The zero-order valence-corrected chi connectivity index (χ0v) is 22.6. The van der Waals surface area contributed by atoms with Crippen LogP contribution in [0.4, 0.5) is 10.5 Å². The van der Waals surface area contributed by atoms with Gasteiger partial charge in [0.25, 0.3) is 5.91 Å². The van der Waals surface area contributed by atoms with Gasteiger partial charge in [0, 0.05) is 38.3 Å². The molecule has 2 N–H and O–H groups in total. The second-order valence-corrected chi connectivity index (χ2v) is 10.7. The van der Waals surface area contributed by atoms with Crippen molar-refractivity contribution in [2.45, 2.75) is 31.6 Å². The SMILES string of the molecule is CCN(CC)S(=O)(=O)c1ccc(OC)c(NC(=O)NCC2CCN(C(=O)c3cccc(OC)c3)CC2)c1. The lowest BCUT2D eigenvalue weighted by molar-refractivity contribution is 0.0690. The van der Waals surface area contributed by atoms with Gasteiger partial charge in [0.05, 0.1) is 24.8 Å². The largest absolute Gasteiger partial charge is 0.497 e. The third-order valence-corrected chi connectivity index (χ3v) is 8.58. The lowest BCUT2D eigenvalue weighted by atomic mass is 9.96. The third-order valence-electron chi connectivity index (χ3n) is 6.53. The summed E-state index contributed by atoms with van der Waals surface area (Å²) in [5.41, 5.74) is 0.862. The number of amides is 3. The molecule has 3 amide bonds. The van der Waals surface area contributed by atoms with E-state index in [9.17, 15) is 18.0 Å². The van der Waals surface area contributed by atoms with Crippen LogP contribution in [-0.2, 0) is 10.0 Å². The fourth-order valence-corrected chi connectivity index (χ4v) is 5.82. The number of ether oxygens (including phenoxy) is 2. The maximum atomic E-state index is 12.9. The normalized spacial score (nSPS) is 14.4. The Balaban J connectivity index is 1.55. The first-order valence-electron chi connectivity index (χ1n) is 12.4. The molecule has 1 aliphatic heterocycles. The van der Waals surface area contributed by atoms with Crippen molar-refractivity contribution in [1.29, 1.82) is 0 Å². The average Bonchev–Trinajstić information content (AvgIpc) is 2.92. The Morgan fingerprint density at radius 3 is 2.35 bits per heavy atom. The molecule has 0 unspecified atom stereocenters. The summed E-state index contributed by atoms with van der Waals surface area (Å²) in [6.07, 6.45) is 1.52. The summed E-state index contributed by atoms with van der Waals surface area (Å²) in [7, 11) is -0.659. The molecule has 11 heteroatoms. The summed E-state index contributed by atoms with van der Waals surface area (Å²) in [5.74, 6) is 1.19. The molecule has 37 heavy (non-hydrogen) atoms. The Morgan fingerprint density at radius 2 is 1.73 bits per heavy atom. The highest BCUT2D eigenvalue weighted by molar-refractivity contribution is 7.89. The summed E-state index contributed by atoms with van der Waals surface area (Å²) < 4.78 is 37.6. The van der Waals surface area contributed by atoms with Gasteiger partial charge in [-0.15, -0.1) is 0 Å². The second-order valence-electron chi connectivity index (χ2n) is 8.75. The van der Waals surface area contributed by atoms with Gasteiger partial charge in [-0.1, -0.05) is 19.9 Å². The zero-order valence-electron chi connectivity index (χ0n) is 21.8. The number of benzene rings is 2. The molecule has 3 rings (SSSR count). The Hall–Kier alpha value is -3.31. The van der Waals surface area contributed by atoms with Crippen LogP contribution >= 0.6 is 0 Å². The fourth-order valence-electron chi connectivity index (χ4n) is 4.34. The molecule has 0 radical (unpaired) electrons. The van der Waals surface area contributed by atoms with E-state index in [1.54, 1.807) is 45.2 Å². The monoisotopic (exact) mass is 532 g/mol. The Morgan fingerprint density at radius 1 is 1.03 bits per heavy atom. The molecule has 0 saturated carbocycles. The summed E-state index contributed by atoms with van der Waals surface area (Å²) in [6, 6.07) is 11.1. The number of hydrogen-bond acceptors (Lipinski definition) is 6. The van der Waals surface area contributed by atoms with Gasteiger partial charge >= 0.3 is 6.03 Å². The number of sulfonamides is 1. The highest BCUT2D eigenvalue weighted by atomic mass is 32.2. The van der Waals surface area contributed by atoms with Gasteiger partial charge < -0.3 is 25.0 Å². The van der Waals surface area contributed by atoms with Crippen LogP contribution in [0.5, 0.6) is 11.5 Å². The van der Waals surface area contributed by atoms with Gasteiger partial charge in [0.15, 0.2) is 0 Å². The first-order valence-corrected chi connectivity index (χ1v) is 13.8. The maximum Gasteiger partial charge on any atom is 0.319 e. The molecule has 2 aromatic rings. The number of likely N-dealkylation sites (tertiary alicyclic amines) is 1. The Labute approximate surface area is 219 Å². The molecule has 202 valence electrons. The van der Waals surface area contributed by atoms with Crippen molar-refractivity contribution >= 4 is 27.6 Å². The van der Waals surface area contributed by atoms with Gasteiger partial charge in [-0.2, -0.15) is 4.31 Å². The summed E-state index contributed by atoms with van der Waals surface area (Å²) in [6.45, 7) is 5.88. The molecule has 1 saturated heterocycles. The van der Waals surface area contributed by atoms with E-state index in [4.69, 9.17) is 9.47 Å². The van der Waals surface area contributed by atoms with E-state index in [1.807, 2.05) is 4.90 Å². The Bertz CT molecular complexity index is 1190. The first kappa shape index (κ1) is 28.3. The van der Waals surface area contributed by atoms with Crippen molar-refractivity contribution < 1.29 is 27.5 Å². The quantitative estimate of drug-likeness (QED) is 0.484. The lowest BCUT2D eigenvalue weighted by Gasteiger charge is -2.32. The zero-order chi connectivity index (χ0) is 27.0. The van der Waals surface area contributed by atoms with E-state index in [0.717, 1.165) is 12.8 Å². The summed E-state index contributed by atoms with van der Waals surface area (Å²) >= 11 is 0. The van der Waals surface area contributed by atoms with Crippen LogP contribution in [-0.4, -0.2) is 76.5 Å². The number of hydrogen-bond donors (Lipinski definition) is 2. The van der Waals surface area contributed by atoms with Crippen LogP contribution < -0.4 is 20.1 Å². The van der Waals surface area contributed by atoms with Crippen LogP contribution in [0.2, 0.25) is 0 Å². The smallest absolute Gasteiger partial charge is 0.319 e. The van der Waals surface area contributed by atoms with E-state index in [0.29, 0.717) is 49.8 Å². The number of anilines is 1. The molecule has 0 spiro atoms. The van der Waals surface area contributed by atoms with Crippen LogP contribution in [0.15, 0.2) is 47.4 Å². The highest BCUT2D eigenvalue weighted by Crippen LogP contribution is 2.29. The minimum absolute atomic E-state index is 0.0327. The van der Waals surface area contributed by atoms with Gasteiger partial charge in [-0.25, -0.2) is 13.2 Å². The second kappa shape index (κ2) is 12.8. The van der Waals surface area contributed by atoms with Crippen LogP contribution in [0.1, 0.15) is 37.0 Å². The summed E-state index contributed by atoms with van der Waals surface area (Å²) in [5, 5.41) is 5.57. The summed E-state index contributed by atoms with van der Waals surface area (Å²) in [4.78, 5) is 27.4. The standard InChI is InChI=1S/C26H36N4O6S/c1-5-30(6-2)37(33,34)22-10-11-24(36-4)23(17-22)28-26(32)27-18-19-12-14-29(15-13-19)25(31)20-8-7-9-21(16-20)35-3/h7-11,16-17,19H,5-6,12-15,18H2,1-4H3,(H2,27,28,32). The number of methoxy groups -OCH3 is 2. The molecule has 1 heterocycles. The fraction of sp³-hybridized carbons (Fsp3) is 0.462. The van der Waals surface area contributed by atoms with Gasteiger partial charge in [-0.3, -0.25) is 4.79 Å². The molecule has 0 bridgehead atoms. The lowest BCUT2D eigenvalue weighted by Crippen LogP contribution is -2.42. The molecular weight excluding hydrogens is 496 g/mol. The van der Waals surface area contributed by atoms with E-state index in [1.165, 1.54) is 29.6 Å². The molecule has 1 fully saturated rings. The number of urea groups is 1. The van der Waals surface area contributed by atoms with Crippen LogP contribution in [0, 0.1) is 5.92 Å². The highest BCUT2D eigenvalue weighted by Gasteiger charge is 2.25. The van der Waals surface area contributed by atoms with Crippen molar-refractivity contribution in [1.82, 2.24) is 14.5 Å². The van der Waals surface area contributed by atoms with Crippen molar-refractivity contribution in [3.63, 3.8) is 0 Å². The molecular formula is C26H36N4O6S. The molecule has 10 nitrogen and oxygen atoms in total. The molecule has 0 aliphatic carbocycles. The van der Waals surface area contributed by atoms with Gasteiger partial charge in [-0.05, 0) is 55.2 Å². The van der Waals surface area contributed by atoms with Crippen LogP contribution in [0.25, 0.3) is 0 Å². The predicted octanol–water partition coefficient (Wildman–Crippen LogP) is 3.41. The Kier molecular flexibility index (Phi) is 9.76. The average molecular weight is 533 g/mol. The number of piperidine rings is 1. The third kappa shape index (κ3) is 6.92. The van der Waals surface area contributed by atoms with E-state index in [-0.39, 0.29) is 22.4 Å². The molecule has 0 aromatic heterocycles. The van der Waals surface area contributed by atoms with Gasteiger partial charge in [0.1, 0.15) is 11.5 Å². The molecule has 0 atom stereocenters. The number of nitrogens with zero attached hydrogens (tertiary/aromatic N) is 2. The minimum atomic E-state index is -3.68. The van der Waals surface area contributed by atoms with Gasteiger partial charge in [0.2, 0.25) is 10.0 Å². The van der Waals surface area contributed by atoms with Crippen molar-refractivity contribution in [3.05, 3.63) is 48.0 Å². The number of carbonyl (C=O) groups excluding carboxylic acids is 2. The van der Waals surface area contributed by atoms with E-state index < -0.39 is 16.1 Å². The van der Waals surface area contributed by atoms with E-state index >= 15 is 0 Å². The van der Waals surface area contributed by atoms with E-state index in [2.05, 4.69) is 10.6 Å². The molecule has 1 aliphatic rings. The first-order chi connectivity index (χ1) is 17.7. The molecule has 2 aromatic carbocycles. The minimum Gasteiger partial charge on any atom is -0.497 e. The number of rotatable bonds is 10.